The van der Waals surface area contributed by atoms with Crippen LogP contribution in [0.1, 0.15) is 55.5 Å². The molecule has 1 heterocycles. The highest BCUT2D eigenvalue weighted by Gasteiger charge is 2.26. The fraction of sp³-hybridized carbons (Fsp3) is 0.636. The van der Waals surface area contributed by atoms with Crippen LogP contribution in [0.15, 0.2) is 12.1 Å². The van der Waals surface area contributed by atoms with Crippen molar-refractivity contribution in [3.05, 3.63) is 23.3 Å². The number of phenols is 1. The first kappa shape index (κ1) is 25.3. The van der Waals surface area contributed by atoms with Crippen LogP contribution in [0.5, 0.6) is 11.5 Å². The molecular weight excluding hydrogens is 440 g/mol. The molecule has 168 valence electrons. The summed E-state index contributed by atoms with van der Waals surface area (Å²) in [6, 6.07) is 3.45. The number of Topliss-reactive ketones (excluding diaryl/α,β-unsaturated/α-hetero) is 1. The summed E-state index contributed by atoms with van der Waals surface area (Å²) >= 11 is 5.87. The number of hydrogen-bond acceptors (Lipinski definition) is 8. The number of rotatable bonds is 13. The lowest BCUT2D eigenvalue weighted by Crippen LogP contribution is -2.08. The number of ether oxygens (including phenoxy) is 2. The molecule has 2 unspecified atom stereocenters. The summed E-state index contributed by atoms with van der Waals surface area (Å²) in [7, 11) is 1.44. The molecule has 5 nitrogen and oxygen atoms in total. The van der Waals surface area contributed by atoms with Crippen molar-refractivity contribution < 1.29 is 24.2 Å². The summed E-state index contributed by atoms with van der Waals surface area (Å²) in [5.41, 5.74) is 1.09. The van der Waals surface area contributed by atoms with E-state index in [0.717, 1.165) is 42.1 Å². The number of phenolic OH excluding ortho intramolecular Hbond substituents is 1. The van der Waals surface area contributed by atoms with Gasteiger partial charge in [0, 0.05) is 28.7 Å². The molecule has 1 fully saturated rings. The van der Waals surface area contributed by atoms with Crippen LogP contribution in [0.25, 0.3) is 0 Å². The highest BCUT2D eigenvalue weighted by Crippen LogP contribution is 2.41. The smallest absolute Gasteiger partial charge is 0.305 e. The second-order valence-electron chi connectivity index (χ2n) is 7.16. The Hall–Kier alpha value is -0.990. The van der Waals surface area contributed by atoms with E-state index in [-0.39, 0.29) is 17.5 Å². The van der Waals surface area contributed by atoms with Crippen LogP contribution in [0.4, 0.5) is 0 Å². The number of esters is 1. The number of benzene rings is 1. The van der Waals surface area contributed by atoms with Crippen LogP contribution < -0.4 is 4.74 Å². The molecule has 8 heteroatoms. The van der Waals surface area contributed by atoms with E-state index in [1.807, 2.05) is 42.2 Å². The van der Waals surface area contributed by atoms with Gasteiger partial charge < -0.3 is 14.6 Å². The predicted molar refractivity (Wildman–Crippen MR) is 128 cm³/mol. The maximum absolute atomic E-state index is 11.6. The first-order valence-electron chi connectivity index (χ1n) is 10.4. The third kappa shape index (κ3) is 7.93. The largest absolute Gasteiger partial charge is 0.507 e. The Morgan fingerprint density at radius 3 is 2.83 bits per heavy atom. The fourth-order valence-corrected chi connectivity index (χ4v) is 7.88. The lowest BCUT2D eigenvalue weighted by Gasteiger charge is -2.15. The Bertz CT molecular complexity index is 710. The molecule has 1 saturated heterocycles. The third-order valence-corrected chi connectivity index (χ3v) is 9.58. The molecule has 0 bridgehead atoms. The minimum atomic E-state index is -0.136. The number of carbonyl (C=O) groups is 2. The number of aromatic hydroxyl groups is 1. The standard InChI is InChI=1S/C22H32O5S3/c1-4-6-18-19(8-7-17(15(2)23)22(18)25)27-11-5-12-28-13-16-14-29-21(30-16)10-9-20(24)26-3/h7-8,16,21,25H,4-6,9-14H2,1-3H3. The molecule has 0 saturated carbocycles. The van der Waals surface area contributed by atoms with Crippen molar-refractivity contribution in [1.82, 2.24) is 0 Å². The zero-order chi connectivity index (χ0) is 21.9. The summed E-state index contributed by atoms with van der Waals surface area (Å²) < 4.78 is 11.1. The molecule has 1 N–H and O–H groups in total. The molecule has 0 aliphatic carbocycles. The summed E-state index contributed by atoms with van der Waals surface area (Å²) in [6.45, 7) is 4.10. The average Bonchev–Trinajstić information content (AvgIpc) is 3.18. The highest BCUT2D eigenvalue weighted by atomic mass is 32.2. The Balaban J connectivity index is 1.67. The molecule has 2 rings (SSSR count). The average molecular weight is 473 g/mol. The lowest BCUT2D eigenvalue weighted by atomic mass is 10.0. The minimum absolute atomic E-state index is 0.0636. The second kappa shape index (κ2) is 13.4. The number of thioether (sulfide) groups is 3. The Morgan fingerprint density at radius 2 is 2.13 bits per heavy atom. The van der Waals surface area contributed by atoms with Crippen LogP contribution in [0.2, 0.25) is 0 Å². The Kier molecular flexibility index (Phi) is 11.3. The zero-order valence-corrected chi connectivity index (χ0v) is 20.4. The van der Waals surface area contributed by atoms with Crippen LogP contribution in [0, 0.1) is 0 Å². The quantitative estimate of drug-likeness (QED) is 0.239. The van der Waals surface area contributed by atoms with Gasteiger partial charge in [0.25, 0.3) is 0 Å². The van der Waals surface area contributed by atoms with Gasteiger partial charge in [-0.1, -0.05) is 13.3 Å². The number of ketones is 1. The van der Waals surface area contributed by atoms with E-state index in [4.69, 9.17) is 9.47 Å². The molecule has 1 aliphatic rings. The van der Waals surface area contributed by atoms with Crippen molar-refractivity contribution in [2.24, 2.45) is 0 Å². The topological polar surface area (TPSA) is 72.8 Å². The Morgan fingerprint density at radius 1 is 1.33 bits per heavy atom. The highest BCUT2D eigenvalue weighted by molar-refractivity contribution is 8.20. The zero-order valence-electron chi connectivity index (χ0n) is 18.0. The van der Waals surface area contributed by atoms with Crippen molar-refractivity contribution in [2.45, 2.75) is 55.8 Å². The van der Waals surface area contributed by atoms with Crippen molar-refractivity contribution in [2.75, 3.05) is 31.0 Å². The molecular formula is C22H32O5S3. The molecule has 0 amide bonds. The first-order valence-corrected chi connectivity index (χ1v) is 13.5. The number of hydrogen-bond donors (Lipinski definition) is 1. The van der Waals surface area contributed by atoms with Gasteiger partial charge in [0.15, 0.2) is 5.78 Å². The number of methoxy groups -OCH3 is 1. The van der Waals surface area contributed by atoms with Gasteiger partial charge in [-0.2, -0.15) is 11.8 Å². The third-order valence-electron chi connectivity index (χ3n) is 4.74. The van der Waals surface area contributed by atoms with Gasteiger partial charge in [0.05, 0.1) is 23.9 Å². The molecule has 0 aromatic heterocycles. The van der Waals surface area contributed by atoms with E-state index in [1.54, 1.807) is 12.1 Å². The normalized spacial score (nSPS) is 18.4. The van der Waals surface area contributed by atoms with Crippen LogP contribution in [-0.2, 0) is 16.0 Å². The van der Waals surface area contributed by atoms with Crippen molar-refractivity contribution in [1.29, 1.82) is 0 Å². The van der Waals surface area contributed by atoms with E-state index >= 15 is 0 Å². The molecule has 2 atom stereocenters. The predicted octanol–water partition coefficient (Wildman–Crippen LogP) is 5.18. The molecule has 0 radical (unpaired) electrons. The van der Waals surface area contributed by atoms with E-state index in [2.05, 4.69) is 0 Å². The minimum Gasteiger partial charge on any atom is -0.507 e. The van der Waals surface area contributed by atoms with Crippen molar-refractivity contribution in [3.63, 3.8) is 0 Å². The molecule has 0 spiro atoms. The molecule has 1 aliphatic heterocycles. The fourth-order valence-electron chi connectivity index (χ4n) is 3.17. The van der Waals surface area contributed by atoms with Gasteiger partial charge in [-0.15, -0.1) is 23.5 Å². The van der Waals surface area contributed by atoms with E-state index in [1.165, 1.54) is 14.0 Å². The van der Waals surface area contributed by atoms with E-state index < -0.39 is 0 Å². The van der Waals surface area contributed by atoms with Gasteiger partial charge >= 0.3 is 5.97 Å². The van der Waals surface area contributed by atoms with Crippen LogP contribution >= 0.6 is 35.3 Å². The second-order valence-corrected chi connectivity index (χ2v) is 11.3. The maximum Gasteiger partial charge on any atom is 0.305 e. The van der Waals surface area contributed by atoms with Gasteiger partial charge in [0.1, 0.15) is 11.5 Å². The summed E-state index contributed by atoms with van der Waals surface area (Å²) in [5, 5.41) is 11.0. The lowest BCUT2D eigenvalue weighted by molar-refractivity contribution is -0.140. The molecule has 1 aromatic rings. The SMILES string of the molecule is CCCc1c(OCCCSCC2CSC(CCC(=O)OC)S2)ccc(C(C)=O)c1O. The van der Waals surface area contributed by atoms with Crippen LogP contribution in [0.3, 0.4) is 0 Å². The number of carbonyl (C=O) groups excluding carboxylic acids is 2. The maximum atomic E-state index is 11.6. The van der Waals surface area contributed by atoms with Crippen LogP contribution in [-0.4, -0.2) is 57.7 Å². The van der Waals surface area contributed by atoms with Crippen molar-refractivity contribution >= 4 is 47.0 Å². The summed E-state index contributed by atoms with van der Waals surface area (Å²) in [4.78, 5) is 22.9. The van der Waals surface area contributed by atoms with Gasteiger partial charge in [-0.3, -0.25) is 9.59 Å². The Labute approximate surface area is 192 Å². The summed E-state index contributed by atoms with van der Waals surface area (Å²) in [6.07, 6.45) is 3.87. The van der Waals surface area contributed by atoms with Gasteiger partial charge in [-0.25, -0.2) is 0 Å². The van der Waals surface area contributed by atoms with E-state index in [0.29, 0.717) is 40.6 Å². The summed E-state index contributed by atoms with van der Waals surface area (Å²) in [5.74, 6) is 3.76. The monoisotopic (exact) mass is 472 g/mol. The van der Waals surface area contributed by atoms with E-state index in [9.17, 15) is 14.7 Å². The van der Waals surface area contributed by atoms with Gasteiger partial charge in [0.2, 0.25) is 0 Å². The first-order chi connectivity index (χ1) is 14.5. The van der Waals surface area contributed by atoms with Gasteiger partial charge in [-0.05, 0) is 44.1 Å². The molecule has 30 heavy (non-hydrogen) atoms. The van der Waals surface area contributed by atoms with Crippen molar-refractivity contribution in [3.8, 4) is 11.5 Å². The molecule has 1 aromatic carbocycles.